The lowest BCUT2D eigenvalue weighted by molar-refractivity contribution is 0.0958. The van der Waals surface area contributed by atoms with Gasteiger partial charge in [0.15, 0.2) is 0 Å². The van der Waals surface area contributed by atoms with E-state index in [9.17, 15) is 0 Å². The molecule has 0 bridgehead atoms. The number of rotatable bonds is 2. The summed E-state index contributed by atoms with van der Waals surface area (Å²) >= 11 is 0. The average molecular weight is 234 g/mol. The van der Waals surface area contributed by atoms with E-state index in [-0.39, 0.29) is 6.04 Å². The number of ether oxygens (including phenoxy) is 1. The summed E-state index contributed by atoms with van der Waals surface area (Å²) < 4.78 is 8.20. The zero-order chi connectivity index (χ0) is 11.8. The van der Waals surface area contributed by atoms with Crippen LogP contribution in [0.5, 0.6) is 0 Å². The third-order valence-electron chi connectivity index (χ3n) is 4.19. The van der Waals surface area contributed by atoms with Crippen LogP contribution in [0.15, 0.2) is 6.07 Å². The molecule has 94 valence electrons. The molecule has 2 heterocycles. The first-order valence-corrected chi connectivity index (χ1v) is 6.82. The van der Waals surface area contributed by atoms with Crippen molar-refractivity contribution in [3.63, 3.8) is 0 Å². The summed E-state index contributed by atoms with van der Waals surface area (Å²) in [6.07, 6.45) is 6.39. The second kappa shape index (κ2) is 4.46. The monoisotopic (exact) mass is 234 g/mol. The van der Waals surface area contributed by atoms with Crippen molar-refractivity contribution >= 4 is 0 Å². The fraction of sp³-hybridized carbons (Fsp3) is 0.714. The van der Waals surface area contributed by atoms with Crippen LogP contribution in [0, 0.1) is 6.92 Å². The minimum Gasteiger partial charge on any atom is -0.376 e. The summed E-state index contributed by atoms with van der Waals surface area (Å²) in [4.78, 5) is 0. The average Bonchev–Trinajstić information content (AvgIpc) is 2.91. The van der Waals surface area contributed by atoms with Crippen LogP contribution in [-0.2, 0) is 17.7 Å². The van der Waals surface area contributed by atoms with Gasteiger partial charge in [-0.25, -0.2) is 0 Å². The van der Waals surface area contributed by atoms with Crippen LogP contribution in [0.3, 0.4) is 0 Å². The van der Waals surface area contributed by atoms with Crippen molar-refractivity contribution in [2.45, 2.75) is 57.7 Å². The second-order valence-corrected chi connectivity index (χ2v) is 5.43. The van der Waals surface area contributed by atoms with Gasteiger partial charge in [0.1, 0.15) is 0 Å². The Bertz CT molecular complexity index is 405. The Balaban J connectivity index is 1.87. The third kappa shape index (κ3) is 2.02. The van der Waals surface area contributed by atoms with Gasteiger partial charge in [0.25, 0.3) is 0 Å². The van der Waals surface area contributed by atoms with E-state index in [1.54, 1.807) is 0 Å². The Kier molecular flexibility index (Phi) is 2.97. The molecule has 1 aromatic heterocycles. The second-order valence-electron chi connectivity index (χ2n) is 5.43. The molecule has 3 nitrogen and oxygen atoms in total. The van der Waals surface area contributed by atoms with E-state index in [0.717, 1.165) is 19.6 Å². The minimum absolute atomic E-state index is 0.253. The molecule has 0 spiro atoms. The number of hydrogen-bond acceptors (Lipinski definition) is 2. The van der Waals surface area contributed by atoms with E-state index < -0.39 is 0 Å². The highest BCUT2D eigenvalue weighted by Gasteiger charge is 2.24. The Morgan fingerprint density at radius 2 is 2.29 bits per heavy atom. The van der Waals surface area contributed by atoms with Crippen LogP contribution in [0.1, 0.15) is 48.7 Å². The first kappa shape index (κ1) is 11.3. The molecule has 3 heteroatoms. The highest BCUT2D eigenvalue weighted by molar-refractivity contribution is 5.32. The van der Waals surface area contributed by atoms with Gasteiger partial charge in [0, 0.05) is 30.6 Å². The zero-order valence-corrected chi connectivity index (χ0v) is 10.6. The van der Waals surface area contributed by atoms with Crippen LogP contribution >= 0.6 is 0 Å². The van der Waals surface area contributed by atoms with E-state index >= 15 is 0 Å². The Morgan fingerprint density at radius 1 is 1.41 bits per heavy atom. The summed E-state index contributed by atoms with van der Waals surface area (Å²) in [6.45, 7) is 4.15. The molecule has 2 atom stereocenters. The number of fused-ring (bicyclic) bond motifs is 1. The van der Waals surface area contributed by atoms with Crippen molar-refractivity contribution in [1.82, 2.24) is 4.57 Å². The normalized spacial score (nSPS) is 28.4. The molecule has 0 saturated carbocycles. The van der Waals surface area contributed by atoms with Crippen molar-refractivity contribution in [1.29, 1.82) is 0 Å². The van der Waals surface area contributed by atoms with Crippen LogP contribution in [0.25, 0.3) is 0 Å². The SMILES string of the molecule is Cc1cc2c(n1CC1CCCO1)CCCC2N. The molecule has 2 N–H and O–H groups in total. The van der Waals surface area contributed by atoms with Gasteiger partial charge < -0.3 is 15.0 Å². The number of nitrogens with zero attached hydrogens (tertiary/aromatic N) is 1. The quantitative estimate of drug-likeness (QED) is 0.853. The van der Waals surface area contributed by atoms with Crippen molar-refractivity contribution in [3.05, 3.63) is 23.0 Å². The Morgan fingerprint density at radius 3 is 3.06 bits per heavy atom. The molecule has 17 heavy (non-hydrogen) atoms. The van der Waals surface area contributed by atoms with E-state index in [4.69, 9.17) is 10.5 Å². The highest BCUT2D eigenvalue weighted by Crippen LogP contribution is 2.31. The molecule has 1 aliphatic carbocycles. The van der Waals surface area contributed by atoms with Crippen LogP contribution in [0.4, 0.5) is 0 Å². The van der Waals surface area contributed by atoms with Crippen LogP contribution in [0.2, 0.25) is 0 Å². The van der Waals surface area contributed by atoms with E-state index in [1.807, 2.05) is 0 Å². The minimum atomic E-state index is 0.253. The molecule has 1 saturated heterocycles. The van der Waals surface area contributed by atoms with E-state index in [0.29, 0.717) is 6.10 Å². The molecule has 1 fully saturated rings. The molecule has 1 aromatic rings. The molecule has 1 aliphatic heterocycles. The number of aromatic nitrogens is 1. The maximum atomic E-state index is 6.19. The number of hydrogen-bond donors (Lipinski definition) is 1. The Hall–Kier alpha value is -0.800. The third-order valence-corrected chi connectivity index (χ3v) is 4.19. The molecule has 0 amide bonds. The Labute approximate surface area is 103 Å². The van der Waals surface area contributed by atoms with Gasteiger partial charge >= 0.3 is 0 Å². The maximum Gasteiger partial charge on any atom is 0.0754 e. The summed E-state index contributed by atoms with van der Waals surface area (Å²) in [5.41, 5.74) is 10.4. The summed E-state index contributed by atoms with van der Waals surface area (Å²) in [5.74, 6) is 0. The van der Waals surface area contributed by atoms with Gasteiger partial charge in [0.2, 0.25) is 0 Å². The largest absolute Gasteiger partial charge is 0.376 e. The molecule has 3 rings (SSSR count). The molecule has 0 radical (unpaired) electrons. The van der Waals surface area contributed by atoms with E-state index in [2.05, 4.69) is 17.6 Å². The maximum absolute atomic E-state index is 6.19. The summed E-state index contributed by atoms with van der Waals surface area (Å²) in [7, 11) is 0. The van der Waals surface area contributed by atoms with Gasteiger partial charge in [-0.1, -0.05) is 0 Å². The molecule has 2 aliphatic rings. The highest BCUT2D eigenvalue weighted by atomic mass is 16.5. The lowest BCUT2D eigenvalue weighted by Gasteiger charge is -2.22. The first-order chi connectivity index (χ1) is 8.25. The summed E-state index contributed by atoms with van der Waals surface area (Å²) in [5, 5.41) is 0. The van der Waals surface area contributed by atoms with Crippen LogP contribution in [-0.4, -0.2) is 17.3 Å². The van der Waals surface area contributed by atoms with Crippen molar-refractivity contribution < 1.29 is 4.74 Å². The number of aryl methyl sites for hydroxylation is 1. The molecular weight excluding hydrogens is 212 g/mol. The van der Waals surface area contributed by atoms with Gasteiger partial charge in [-0.05, 0) is 50.7 Å². The zero-order valence-electron chi connectivity index (χ0n) is 10.6. The fourth-order valence-electron chi connectivity index (χ4n) is 3.25. The number of nitrogens with two attached hydrogens (primary N) is 1. The molecular formula is C14H22N2O. The van der Waals surface area contributed by atoms with Gasteiger partial charge in [0.05, 0.1) is 6.10 Å². The lowest BCUT2D eigenvalue weighted by Crippen LogP contribution is -2.21. The predicted molar refractivity (Wildman–Crippen MR) is 68.0 cm³/mol. The smallest absolute Gasteiger partial charge is 0.0754 e. The van der Waals surface area contributed by atoms with E-state index in [1.165, 1.54) is 42.6 Å². The standard InChI is InChI=1S/C14H22N2O/c1-10-8-12-13(15)5-2-6-14(12)16(10)9-11-4-3-7-17-11/h8,11,13H,2-7,9,15H2,1H3. The van der Waals surface area contributed by atoms with Gasteiger partial charge in [-0.15, -0.1) is 0 Å². The molecule has 2 unspecified atom stereocenters. The van der Waals surface area contributed by atoms with Crippen molar-refractivity contribution in [2.75, 3.05) is 6.61 Å². The van der Waals surface area contributed by atoms with Crippen LogP contribution < -0.4 is 5.73 Å². The van der Waals surface area contributed by atoms with Crippen molar-refractivity contribution in [2.24, 2.45) is 5.73 Å². The fourth-order valence-corrected chi connectivity index (χ4v) is 3.25. The van der Waals surface area contributed by atoms with Crippen molar-refractivity contribution in [3.8, 4) is 0 Å². The predicted octanol–water partition coefficient (Wildman–Crippen LogP) is 2.31. The topological polar surface area (TPSA) is 40.2 Å². The first-order valence-electron chi connectivity index (χ1n) is 6.82. The van der Waals surface area contributed by atoms with Gasteiger partial charge in [-0.3, -0.25) is 0 Å². The summed E-state index contributed by atoms with van der Waals surface area (Å²) in [6, 6.07) is 2.54. The molecule has 0 aromatic carbocycles. The lowest BCUT2D eigenvalue weighted by atomic mass is 9.93. The van der Waals surface area contributed by atoms with Gasteiger partial charge in [-0.2, -0.15) is 0 Å².